The van der Waals surface area contributed by atoms with E-state index in [9.17, 15) is 18.3 Å². The minimum Gasteiger partial charge on any atom is -0.389 e. The highest BCUT2D eigenvalue weighted by atomic mass is 19.4. The number of benzene rings is 1. The predicted molar refractivity (Wildman–Crippen MR) is 151 cm³/mol. The highest BCUT2D eigenvalue weighted by Crippen LogP contribution is 2.39. The van der Waals surface area contributed by atoms with E-state index in [2.05, 4.69) is 50.2 Å². The van der Waals surface area contributed by atoms with Gasteiger partial charge in [-0.25, -0.2) is 4.90 Å². The van der Waals surface area contributed by atoms with Crippen molar-refractivity contribution in [2.75, 3.05) is 37.1 Å². The summed E-state index contributed by atoms with van der Waals surface area (Å²) in [6, 6.07) is 5.46. The van der Waals surface area contributed by atoms with Crippen LogP contribution in [0.5, 0.6) is 0 Å². The molecule has 1 aliphatic carbocycles. The van der Waals surface area contributed by atoms with Gasteiger partial charge in [0, 0.05) is 25.2 Å². The van der Waals surface area contributed by atoms with E-state index in [1.807, 2.05) is 0 Å². The van der Waals surface area contributed by atoms with Gasteiger partial charge in [-0.3, -0.25) is 20.9 Å². The van der Waals surface area contributed by atoms with E-state index in [0.717, 1.165) is 50.1 Å². The van der Waals surface area contributed by atoms with Crippen molar-refractivity contribution in [2.45, 2.75) is 101 Å². The second-order valence-electron chi connectivity index (χ2n) is 12.5. The molecule has 0 amide bonds. The summed E-state index contributed by atoms with van der Waals surface area (Å²) in [5.74, 6) is 0.655. The van der Waals surface area contributed by atoms with Gasteiger partial charge in [0.05, 0.1) is 61.2 Å². The highest BCUT2D eigenvalue weighted by molar-refractivity contribution is 5.75. The third-order valence-corrected chi connectivity index (χ3v) is 9.86. The van der Waals surface area contributed by atoms with E-state index in [-0.39, 0.29) is 48.4 Å². The van der Waals surface area contributed by atoms with E-state index in [1.165, 1.54) is 0 Å². The van der Waals surface area contributed by atoms with Gasteiger partial charge in [0.2, 0.25) is 0 Å². The second-order valence-corrected chi connectivity index (χ2v) is 12.5. The van der Waals surface area contributed by atoms with E-state index in [0.29, 0.717) is 25.3 Å². The molecule has 230 valence electrons. The molecule has 8 atom stereocenters. The lowest BCUT2D eigenvalue weighted by Crippen LogP contribution is -2.68. The topological polar surface area (TPSA) is 122 Å². The number of ether oxygens (including phenoxy) is 1. The van der Waals surface area contributed by atoms with Crippen LogP contribution in [0.3, 0.4) is 0 Å². The van der Waals surface area contributed by atoms with Crippen LogP contribution in [0, 0.1) is 11.8 Å². The molecule has 4 heterocycles. The van der Waals surface area contributed by atoms with Crippen molar-refractivity contribution < 1.29 is 23.0 Å². The molecule has 5 aliphatic rings. The Morgan fingerprint density at radius 3 is 2.66 bits per heavy atom. The smallest absolute Gasteiger partial charge is 0.389 e. The van der Waals surface area contributed by atoms with Crippen LogP contribution in [-0.2, 0) is 11.2 Å². The number of halogens is 3. The van der Waals surface area contributed by atoms with Crippen LogP contribution in [0.4, 0.5) is 24.5 Å². The number of likely N-dealkylation sites (N-methyl/N-ethyl adjacent to an activating group) is 1. The van der Waals surface area contributed by atoms with Gasteiger partial charge in [0.25, 0.3) is 0 Å². The first-order valence-electron chi connectivity index (χ1n) is 15.1. The molecule has 0 bridgehead atoms. The number of hydrogen-bond donors (Lipinski definition) is 7. The summed E-state index contributed by atoms with van der Waals surface area (Å²) in [7, 11) is 0. The van der Waals surface area contributed by atoms with Crippen LogP contribution in [-0.4, -0.2) is 96.5 Å². The van der Waals surface area contributed by atoms with Crippen LogP contribution in [0.25, 0.3) is 0 Å². The molecule has 1 aromatic carbocycles. The molecule has 13 heteroatoms. The molecule has 4 fully saturated rings. The maximum Gasteiger partial charge on any atom is 0.393 e. The average molecular weight is 583 g/mol. The molecule has 8 N–H and O–H groups in total. The summed E-state index contributed by atoms with van der Waals surface area (Å²) in [5.41, 5.74) is 8.13. The van der Waals surface area contributed by atoms with Gasteiger partial charge in [0.1, 0.15) is 6.23 Å². The fourth-order valence-electron chi connectivity index (χ4n) is 7.34. The molecule has 41 heavy (non-hydrogen) atoms. The molecule has 8 unspecified atom stereocenters. The van der Waals surface area contributed by atoms with Crippen molar-refractivity contribution in [2.24, 2.45) is 17.6 Å². The first kappa shape index (κ1) is 29.4. The minimum absolute atomic E-state index is 0.0186. The number of fused-ring (bicyclic) bond motifs is 2. The monoisotopic (exact) mass is 582 g/mol. The van der Waals surface area contributed by atoms with Crippen molar-refractivity contribution in [1.82, 2.24) is 25.8 Å². The first-order chi connectivity index (χ1) is 19.6. The summed E-state index contributed by atoms with van der Waals surface area (Å²) < 4.78 is 44.8. The molecule has 6 rings (SSSR count). The van der Waals surface area contributed by atoms with Crippen LogP contribution in [0.15, 0.2) is 18.2 Å². The molecular formula is C28H45F3N8O2. The van der Waals surface area contributed by atoms with Crippen LogP contribution in [0.1, 0.15) is 45.1 Å². The molecule has 10 nitrogen and oxygen atoms in total. The van der Waals surface area contributed by atoms with E-state index in [1.54, 1.807) is 18.2 Å². The van der Waals surface area contributed by atoms with Crippen molar-refractivity contribution in [3.63, 3.8) is 0 Å². The number of nitrogens with zero attached hydrogens (tertiary/aromatic N) is 2. The lowest BCUT2D eigenvalue weighted by atomic mass is 9.76. The van der Waals surface area contributed by atoms with Gasteiger partial charge in [-0.2, -0.15) is 13.2 Å². The van der Waals surface area contributed by atoms with Crippen LogP contribution in [0.2, 0.25) is 0 Å². The Bertz CT molecular complexity index is 1060. The Kier molecular flexibility index (Phi) is 8.42. The van der Waals surface area contributed by atoms with Gasteiger partial charge in [0.15, 0.2) is 0 Å². The Hall–Kier alpha value is -1.71. The third-order valence-electron chi connectivity index (χ3n) is 9.86. The molecule has 0 radical (unpaired) electrons. The number of alkyl halides is 3. The number of aliphatic hydroxyl groups excluding tert-OH is 1. The van der Waals surface area contributed by atoms with Crippen molar-refractivity contribution in [1.29, 1.82) is 0 Å². The number of anilines is 2. The van der Waals surface area contributed by atoms with Crippen molar-refractivity contribution in [3.05, 3.63) is 23.8 Å². The standard InChI is InChI=1S/C28H45F3N8O2/c1-3-38(12-21-15(2)24(40)27(41-21)39-14-35-23-25(32)33-13-34-26(23)39)18-8-16(9-18)5-7-22-36-19-6-4-17(10-20(19)37-22)11-28(29,30)31/h4,6,10,15-16,18,21-27,33-37,40H,3,5,7-9,11-14,32H2,1-2H3. The van der Waals surface area contributed by atoms with Gasteiger partial charge in [-0.1, -0.05) is 19.9 Å². The fraction of sp³-hybridized carbons (Fsp3) is 0.786. The van der Waals surface area contributed by atoms with E-state index < -0.39 is 18.7 Å². The normalized spacial score (nSPS) is 38.8. The number of nitrogens with two attached hydrogens (primary N) is 1. The molecule has 0 spiro atoms. The molecule has 3 saturated heterocycles. The zero-order valence-electron chi connectivity index (χ0n) is 23.8. The second kappa shape index (κ2) is 11.8. The zero-order chi connectivity index (χ0) is 28.9. The first-order valence-corrected chi connectivity index (χ1v) is 15.1. The van der Waals surface area contributed by atoms with E-state index in [4.69, 9.17) is 10.5 Å². The summed E-state index contributed by atoms with van der Waals surface area (Å²) in [6.45, 7) is 7.24. The Balaban J connectivity index is 0.952. The zero-order valence-corrected chi connectivity index (χ0v) is 23.8. The molecule has 0 aromatic heterocycles. The van der Waals surface area contributed by atoms with Gasteiger partial charge < -0.3 is 26.2 Å². The minimum atomic E-state index is -4.20. The van der Waals surface area contributed by atoms with Crippen molar-refractivity contribution in [3.8, 4) is 0 Å². The summed E-state index contributed by atoms with van der Waals surface area (Å²) in [4.78, 5) is 4.67. The lowest BCUT2D eigenvalue weighted by Gasteiger charge is -2.44. The summed E-state index contributed by atoms with van der Waals surface area (Å²) in [5, 5.41) is 28.0. The molecular weight excluding hydrogens is 537 g/mol. The number of aliphatic hydroxyl groups is 1. The van der Waals surface area contributed by atoms with Gasteiger partial charge in [-0.05, 0) is 55.8 Å². The average Bonchev–Trinajstić information content (AvgIpc) is 3.58. The largest absolute Gasteiger partial charge is 0.393 e. The number of nitrogens with one attached hydrogen (secondary N) is 5. The van der Waals surface area contributed by atoms with Gasteiger partial charge >= 0.3 is 6.18 Å². The SMILES string of the molecule is CCN(CC1OC(N2CNC3C(N)NCNC32)C(O)C1C)C1CC(CCC2Nc3ccc(CC(F)(F)F)cc3N2)C1. The fourth-order valence-corrected chi connectivity index (χ4v) is 7.34. The quantitative estimate of drug-likeness (QED) is 0.231. The van der Waals surface area contributed by atoms with Gasteiger partial charge in [-0.15, -0.1) is 0 Å². The molecule has 4 aliphatic heterocycles. The summed E-state index contributed by atoms with van der Waals surface area (Å²) >= 11 is 0. The Morgan fingerprint density at radius 2 is 1.90 bits per heavy atom. The number of rotatable bonds is 9. The van der Waals surface area contributed by atoms with Crippen LogP contribution < -0.4 is 32.3 Å². The molecule has 1 aromatic rings. The number of hydrogen-bond acceptors (Lipinski definition) is 10. The summed E-state index contributed by atoms with van der Waals surface area (Å²) in [6.07, 6.45) is -1.94. The van der Waals surface area contributed by atoms with E-state index >= 15 is 0 Å². The predicted octanol–water partition coefficient (Wildman–Crippen LogP) is 1.55. The lowest BCUT2D eigenvalue weighted by molar-refractivity contribution is -0.127. The maximum absolute atomic E-state index is 12.8. The Labute approximate surface area is 239 Å². The third kappa shape index (κ3) is 6.19. The molecule has 1 saturated carbocycles. The highest BCUT2D eigenvalue weighted by Gasteiger charge is 2.51. The van der Waals surface area contributed by atoms with Crippen LogP contribution >= 0.6 is 0 Å². The van der Waals surface area contributed by atoms with Crippen molar-refractivity contribution >= 4 is 11.4 Å². The Morgan fingerprint density at radius 1 is 1.12 bits per heavy atom. The maximum atomic E-state index is 12.8.